The van der Waals surface area contributed by atoms with Crippen molar-refractivity contribution in [3.05, 3.63) is 96.1 Å². The van der Waals surface area contributed by atoms with E-state index in [1.165, 1.54) is 136 Å². The normalized spacial score (nSPS) is 24.4. The molecule has 2 unspecified atom stereocenters. The number of benzene rings is 5. The third kappa shape index (κ3) is 3.70. The lowest BCUT2D eigenvalue weighted by molar-refractivity contribution is 0.195. The van der Waals surface area contributed by atoms with Gasteiger partial charge < -0.3 is 19.6 Å². The molecule has 5 heterocycles. The van der Waals surface area contributed by atoms with E-state index in [1.54, 1.807) is 11.1 Å². The van der Waals surface area contributed by atoms with Crippen molar-refractivity contribution < 1.29 is 0 Å². The maximum Gasteiger partial charge on any atom is 0.252 e. The summed E-state index contributed by atoms with van der Waals surface area (Å²) in [5.74, 6) is 0. The Bertz CT molecular complexity index is 2500. The molecule has 0 amide bonds. The first-order valence-corrected chi connectivity index (χ1v) is 21.5. The zero-order valence-electron chi connectivity index (χ0n) is 33.6. The van der Waals surface area contributed by atoms with Crippen molar-refractivity contribution in [2.24, 2.45) is 0 Å². The fourth-order valence-electron chi connectivity index (χ4n) is 13.7. The minimum atomic E-state index is -0.0320. The molecule has 5 aliphatic heterocycles. The summed E-state index contributed by atoms with van der Waals surface area (Å²) in [7, 11) is 4.76. The highest BCUT2D eigenvalue weighted by atomic mass is 15.3. The van der Waals surface area contributed by atoms with Crippen LogP contribution in [-0.2, 0) is 10.8 Å². The number of nitrogens with zero attached hydrogens (tertiary/aromatic N) is 4. The molecular weight excluding hydrogens is 666 g/mol. The van der Waals surface area contributed by atoms with Gasteiger partial charge in [0.2, 0.25) is 0 Å². The smallest absolute Gasteiger partial charge is 0.252 e. The van der Waals surface area contributed by atoms with E-state index < -0.39 is 0 Å². The fourth-order valence-corrected chi connectivity index (χ4v) is 13.7. The van der Waals surface area contributed by atoms with Crippen LogP contribution in [0.15, 0.2) is 84.9 Å². The Morgan fingerprint density at radius 1 is 0.509 bits per heavy atom. The highest BCUT2D eigenvalue weighted by Gasteiger charge is 2.63. The number of hydrogen-bond acceptors (Lipinski definition) is 4. The highest BCUT2D eigenvalue weighted by molar-refractivity contribution is 7.03. The van der Waals surface area contributed by atoms with Crippen molar-refractivity contribution in [3.63, 3.8) is 0 Å². The van der Waals surface area contributed by atoms with Gasteiger partial charge in [-0.05, 0) is 101 Å². The predicted octanol–water partition coefficient (Wildman–Crippen LogP) is 7.63. The van der Waals surface area contributed by atoms with Gasteiger partial charge in [0.05, 0.1) is 28.3 Å². The maximum absolute atomic E-state index is 2.95. The van der Waals surface area contributed by atoms with Crippen molar-refractivity contribution in [1.82, 2.24) is 0 Å². The van der Waals surface area contributed by atoms with Crippen LogP contribution in [0.2, 0.25) is 0 Å². The molecule has 55 heavy (non-hydrogen) atoms. The third-order valence-electron chi connectivity index (χ3n) is 16.5. The largest absolute Gasteiger partial charge is 0.344 e. The Morgan fingerprint density at radius 3 is 1.69 bits per heavy atom. The topological polar surface area (TPSA) is 13.0 Å². The van der Waals surface area contributed by atoms with Gasteiger partial charge in [-0.25, -0.2) is 0 Å². The fraction of sp³-hybridized carbons (Fsp3) is 0.388. The van der Waals surface area contributed by atoms with Crippen LogP contribution in [0.1, 0.15) is 96.6 Å². The van der Waals surface area contributed by atoms with Crippen LogP contribution in [0.25, 0.3) is 0 Å². The van der Waals surface area contributed by atoms with E-state index in [0.717, 1.165) is 6.54 Å². The predicted molar refractivity (Wildman–Crippen MR) is 237 cm³/mol. The molecular formula is C49H52B2N4. The van der Waals surface area contributed by atoms with Crippen molar-refractivity contribution in [2.45, 2.75) is 102 Å². The van der Waals surface area contributed by atoms with Gasteiger partial charge in [0.25, 0.3) is 13.4 Å². The summed E-state index contributed by atoms with van der Waals surface area (Å²) in [6, 6.07) is 33.6. The monoisotopic (exact) mass is 718 g/mol. The minimum Gasteiger partial charge on any atom is -0.344 e. The standard InChI is InChI=1S/C49H52B2N4/c1-7-54-41-31(47(2)27-13-8-14-28-47)19-17-23-35(41)50-33-21-9-12-26-38(33)53(6)44-39(50)45(54)43-40-46(44)55-42-32(48(3)29-15-16-30-49(48,55)4)20-18-24-36(42)51(40)34-22-10-11-25-37(34)52(43)5/h9-12,17-26H,7-8,13-16,27-30H2,1-6H3. The molecule has 274 valence electrons. The van der Waals surface area contributed by atoms with Crippen LogP contribution in [0.3, 0.4) is 0 Å². The first-order chi connectivity index (χ1) is 26.7. The molecule has 2 fully saturated rings. The molecule has 0 bridgehead atoms. The quantitative estimate of drug-likeness (QED) is 0.174. The van der Waals surface area contributed by atoms with Gasteiger partial charge >= 0.3 is 0 Å². The lowest BCUT2D eigenvalue weighted by Crippen LogP contribution is -2.68. The molecule has 4 nitrogen and oxygen atoms in total. The SMILES string of the molecule is CCN1c2c(cccc2C2(C)CCCCC2)B2c3ccccc3N(C)c3c2c1c1c2c3N3c4c(cccc4C4(C)CCCCC34C)B2c2ccccc2N1C. The van der Waals surface area contributed by atoms with E-state index in [0.29, 0.717) is 0 Å². The van der Waals surface area contributed by atoms with E-state index in [-0.39, 0.29) is 29.8 Å². The number of hydrogen-bond donors (Lipinski definition) is 0. The molecule has 12 rings (SSSR count). The van der Waals surface area contributed by atoms with Crippen LogP contribution in [0, 0.1) is 0 Å². The van der Waals surface area contributed by atoms with Gasteiger partial charge in [-0.15, -0.1) is 0 Å². The van der Waals surface area contributed by atoms with Crippen molar-refractivity contribution in [3.8, 4) is 0 Å². The number of anilines is 8. The Labute approximate surface area is 328 Å². The van der Waals surface area contributed by atoms with Crippen molar-refractivity contribution in [2.75, 3.05) is 40.2 Å². The van der Waals surface area contributed by atoms with E-state index in [1.807, 2.05) is 0 Å². The van der Waals surface area contributed by atoms with Crippen molar-refractivity contribution >= 4 is 91.7 Å². The second-order valence-electron chi connectivity index (χ2n) is 18.8. The average Bonchev–Trinajstić information content (AvgIpc) is 3.42. The van der Waals surface area contributed by atoms with Crippen molar-refractivity contribution in [1.29, 1.82) is 0 Å². The second kappa shape index (κ2) is 10.8. The summed E-state index contributed by atoms with van der Waals surface area (Å²) >= 11 is 0. The highest BCUT2D eigenvalue weighted by Crippen LogP contribution is 2.64. The zero-order chi connectivity index (χ0) is 37.2. The molecule has 0 radical (unpaired) electrons. The molecule has 7 aliphatic rings. The number of rotatable bonds is 2. The minimum absolute atomic E-state index is 0.0320. The summed E-state index contributed by atoms with van der Waals surface area (Å²) in [5.41, 5.74) is 23.7. The summed E-state index contributed by atoms with van der Waals surface area (Å²) < 4.78 is 0. The summed E-state index contributed by atoms with van der Waals surface area (Å²) in [4.78, 5) is 11.0. The van der Waals surface area contributed by atoms with Crippen LogP contribution in [0.4, 0.5) is 45.5 Å². The molecule has 5 aromatic rings. The molecule has 6 heteroatoms. The Kier molecular flexibility index (Phi) is 6.43. The number of fused-ring (bicyclic) bond motifs is 13. The Balaban J connectivity index is 1.27. The molecule has 2 saturated carbocycles. The molecule has 0 N–H and O–H groups in total. The van der Waals surface area contributed by atoms with Gasteiger partial charge in [0, 0.05) is 48.8 Å². The molecule has 2 aliphatic carbocycles. The first-order valence-electron chi connectivity index (χ1n) is 21.5. The lowest BCUT2D eigenvalue weighted by Gasteiger charge is -2.56. The Hall–Kier alpha value is -4.57. The van der Waals surface area contributed by atoms with E-state index in [2.05, 4.69) is 146 Å². The molecule has 0 saturated heterocycles. The molecule has 2 atom stereocenters. The van der Waals surface area contributed by atoms with Gasteiger partial charge in [-0.1, -0.05) is 119 Å². The van der Waals surface area contributed by atoms with Gasteiger partial charge in [-0.3, -0.25) is 0 Å². The zero-order valence-corrected chi connectivity index (χ0v) is 33.6. The van der Waals surface area contributed by atoms with E-state index in [4.69, 9.17) is 0 Å². The van der Waals surface area contributed by atoms with Crippen LogP contribution in [0.5, 0.6) is 0 Å². The second-order valence-corrected chi connectivity index (χ2v) is 18.8. The lowest BCUT2D eigenvalue weighted by atomic mass is 9.30. The summed E-state index contributed by atoms with van der Waals surface area (Å²) in [6.45, 7) is 11.5. The van der Waals surface area contributed by atoms with E-state index >= 15 is 0 Å². The maximum atomic E-state index is 2.95. The van der Waals surface area contributed by atoms with Crippen LogP contribution >= 0.6 is 0 Å². The summed E-state index contributed by atoms with van der Waals surface area (Å²) in [6.07, 6.45) is 11.5. The Morgan fingerprint density at radius 2 is 1.04 bits per heavy atom. The molecule has 5 aromatic carbocycles. The summed E-state index contributed by atoms with van der Waals surface area (Å²) in [5, 5.41) is 0. The molecule has 0 aromatic heterocycles. The van der Waals surface area contributed by atoms with Crippen LogP contribution < -0.4 is 52.4 Å². The van der Waals surface area contributed by atoms with Gasteiger partial charge in [0.1, 0.15) is 0 Å². The van der Waals surface area contributed by atoms with Gasteiger partial charge in [0.15, 0.2) is 0 Å². The first kappa shape index (κ1) is 32.7. The average molecular weight is 719 g/mol. The third-order valence-corrected chi connectivity index (χ3v) is 16.5. The molecule has 0 spiro atoms. The number of para-hydroxylation sites is 4. The van der Waals surface area contributed by atoms with Gasteiger partial charge in [-0.2, -0.15) is 0 Å². The van der Waals surface area contributed by atoms with Crippen LogP contribution in [-0.4, -0.2) is 39.6 Å². The van der Waals surface area contributed by atoms with E-state index in [9.17, 15) is 0 Å².